The number of piperidine rings is 1. The molecule has 0 unspecified atom stereocenters. The number of thiophene rings is 1. The first-order valence-corrected chi connectivity index (χ1v) is 11.3. The van der Waals surface area contributed by atoms with Gasteiger partial charge >= 0.3 is 0 Å². The van der Waals surface area contributed by atoms with Gasteiger partial charge in [0.25, 0.3) is 0 Å². The average molecular weight is 407 g/mol. The van der Waals surface area contributed by atoms with Gasteiger partial charge in [0.2, 0.25) is 10.0 Å². The van der Waals surface area contributed by atoms with Crippen molar-refractivity contribution in [2.24, 2.45) is 16.9 Å². The minimum absolute atomic E-state index is 0.226. The second-order valence-electron chi connectivity index (χ2n) is 7.37. The van der Waals surface area contributed by atoms with Crippen LogP contribution in [0.4, 0.5) is 5.82 Å². The Balaban J connectivity index is 1.71. The van der Waals surface area contributed by atoms with E-state index in [1.54, 1.807) is 27.8 Å². The Bertz CT molecular complexity index is 909. The summed E-state index contributed by atoms with van der Waals surface area (Å²) in [5.41, 5.74) is 3.76. The summed E-state index contributed by atoms with van der Waals surface area (Å²) in [5.74, 6) is 1.26. The molecule has 8 heteroatoms. The van der Waals surface area contributed by atoms with E-state index < -0.39 is 10.0 Å². The third kappa shape index (κ3) is 4.75. The summed E-state index contributed by atoms with van der Waals surface area (Å²) in [5, 5.41) is 4.33. The van der Waals surface area contributed by atoms with E-state index in [1.807, 2.05) is 13.0 Å². The maximum Gasteiger partial charge on any atom is 0.244 e. The van der Waals surface area contributed by atoms with Crippen LogP contribution in [0.2, 0.25) is 0 Å². The van der Waals surface area contributed by atoms with E-state index in [4.69, 9.17) is 0 Å². The van der Waals surface area contributed by atoms with Crippen molar-refractivity contribution in [3.8, 4) is 0 Å². The van der Waals surface area contributed by atoms with Crippen molar-refractivity contribution < 1.29 is 8.42 Å². The summed E-state index contributed by atoms with van der Waals surface area (Å²) in [7, 11) is -3.51. The molecule has 1 saturated heterocycles. The highest BCUT2D eigenvalue weighted by molar-refractivity contribution is 7.89. The van der Waals surface area contributed by atoms with Gasteiger partial charge in [-0.25, -0.2) is 13.4 Å². The number of aromatic nitrogens is 1. The fourth-order valence-corrected chi connectivity index (χ4v) is 5.81. The van der Waals surface area contributed by atoms with Crippen LogP contribution in [-0.4, -0.2) is 36.5 Å². The van der Waals surface area contributed by atoms with Crippen LogP contribution in [-0.2, 0) is 10.0 Å². The molecule has 0 spiro atoms. The van der Waals surface area contributed by atoms with Crippen LogP contribution in [0.5, 0.6) is 0 Å². The predicted molar refractivity (Wildman–Crippen MR) is 111 cm³/mol. The number of pyridine rings is 1. The highest BCUT2D eigenvalue weighted by Crippen LogP contribution is 2.26. The zero-order chi connectivity index (χ0) is 19.6. The number of hydrogen-bond acceptors (Lipinski definition) is 6. The van der Waals surface area contributed by atoms with Gasteiger partial charge in [-0.05, 0) is 56.4 Å². The van der Waals surface area contributed by atoms with Crippen molar-refractivity contribution in [3.05, 3.63) is 40.2 Å². The first kappa shape index (κ1) is 20.0. The van der Waals surface area contributed by atoms with Crippen LogP contribution in [0.25, 0.3) is 0 Å². The van der Waals surface area contributed by atoms with Crippen molar-refractivity contribution in [3.63, 3.8) is 0 Å². The molecule has 3 rings (SSSR count). The van der Waals surface area contributed by atoms with E-state index in [9.17, 15) is 8.42 Å². The third-order valence-corrected chi connectivity index (χ3v) is 7.57. The zero-order valence-electron chi connectivity index (χ0n) is 16.1. The van der Waals surface area contributed by atoms with Gasteiger partial charge < -0.3 is 0 Å². The molecule has 0 aromatic carbocycles. The number of sulfonamides is 1. The summed E-state index contributed by atoms with van der Waals surface area (Å²) in [6.45, 7) is 9.31. The van der Waals surface area contributed by atoms with Crippen molar-refractivity contribution in [2.45, 2.75) is 39.0 Å². The van der Waals surface area contributed by atoms with Gasteiger partial charge in [0.1, 0.15) is 10.7 Å². The fraction of sp³-hybridized carbons (Fsp3) is 0.474. The zero-order valence-corrected chi connectivity index (χ0v) is 17.8. The number of rotatable bonds is 5. The molecular weight excluding hydrogens is 380 g/mol. The molecule has 1 aliphatic heterocycles. The van der Waals surface area contributed by atoms with E-state index in [1.165, 1.54) is 11.1 Å². The van der Waals surface area contributed by atoms with Crippen molar-refractivity contribution >= 4 is 32.9 Å². The number of nitrogens with zero attached hydrogens (tertiary/aromatic N) is 3. The Hall–Kier alpha value is -1.77. The second-order valence-corrected chi connectivity index (χ2v) is 10.6. The number of hydrogen-bond donors (Lipinski definition) is 1. The van der Waals surface area contributed by atoms with E-state index in [-0.39, 0.29) is 4.90 Å². The third-order valence-electron chi connectivity index (χ3n) is 4.64. The lowest BCUT2D eigenvalue weighted by molar-refractivity contribution is 0.222. The average Bonchev–Trinajstić information content (AvgIpc) is 3.06. The number of aryl methyl sites for hydroxylation is 1. The molecular formula is C19H26N4O2S2. The van der Waals surface area contributed by atoms with Crippen LogP contribution >= 0.6 is 11.3 Å². The Kier molecular flexibility index (Phi) is 5.98. The van der Waals surface area contributed by atoms with E-state index in [0.29, 0.717) is 30.7 Å². The van der Waals surface area contributed by atoms with Gasteiger partial charge in [0.05, 0.1) is 10.6 Å². The van der Waals surface area contributed by atoms with Gasteiger partial charge in [-0.2, -0.15) is 9.41 Å². The number of anilines is 1. The molecule has 2 aromatic heterocycles. The normalized spacial score (nSPS) is 22.0. The molecule has 0 radical (unpaired) electrons. The maximum absolute atomic E-state index is 12.9. The molecule has 2 atom stereocenters. The van der Waals surface area contributed by atoms with E-state index in [2.05, 4.69) is 42.3 Å². The van der Waals surface area contributed by atoms with Crippen LogP contribution in [0.1, 0.15) is 36.9 Å². The first-order valence-electron chi connectivity index (χ1n) is 9.09. The number of nitrogens with one attached hydrogen (secondary N) is 1. The van der Waals surface area contributed by atoms with Crippen LogP contribution in [0, 0.1) is 18.8 Å². The summed E-state index contributed by atoms with van der Waals surface area (Å²) in [6.07, 6.45) is 2.47. The van der Waals surface area contributed by atoms with Crippen LogP contribution < -0.4 is 5.43 Å². The fourth-order valence-electron chi connectivity index (χ4n) is 3.38. The minimum atomic E-state index is -3.51. The molecule has 0 aliphatic carbocycles. The second kappa shape index (κ2) is 8.08. The minimum Gasteiger partial charge on any atom is -0.261 e. The lowest BCUT2D eigenvalue weighted by atomic mass is 9.94. The highest BCUT2D eigenvalue weighted by atomic mass is 32.2. The lowest BCUT2D eigenvalue weighted by Crippen LogP contribution is -2.42. The van der Waals surface area contributed by atoms with Crippen molar-refractivity contribution in [1.82, 2.24) is 9.29 Å². The molecule has 6 nitrogen and oxygen atoms in total. The lowest BCUT2D eigenvalue weighted by Gasteiger charge is -2.33. The monoisotopic (exact) mass is 406 g/mol. The van der Waals surface area contributed by atoms with Crippen LogP contribution in [0.3, 0.4) is 0 Å². The standard InChI is InChI=1S/C19H26N4O2S2/c1-13-9-14(2)12-23(11-13)27(24,25)17-6-8-19(20-10-17)22-21-16(4)18-7-5-15(3)26-18/h5-8,10,13-14H,9,11-12H2,1-4H3,(H,20,22)/b21-16-/t13-,14-/m0/s1. The molecule has 1 fully saturated rings. The molecule has 1 N–H and O–H groups in total. The Morgan fingerprint density at radius 2 is 1.93 bits per heavy atom. The largest absolute Gasteiger partial charge is 0.261 e. The first-order chi connectivity index (χ1) is 12.8. The summed E-state index contributed by atoms with van der Waals surface area (Å²) in [6, 6.07) is 7.33. The molecule has 27 heavy (non-hydrogen) atoms. The van der Waals surface area contributed by atoms with E-state index in [0.717, 1.165) is 17.0 Å². The number of hydrazone groups is 1. The summed E-state index contributed by atoms with van der Waals surface area (Å²) in [4.78, 5) is 6.77. The van der Waals surface area contributed by atoms with E-state index >= 15 is 0 Å². The molecule has 146 valence electrons. The molecule has 3 heterocycles. The summed E-state index contributed by atoms with van der Waals surface area (Å²) >= 11 is 1.68. The van der Waals surface area contributed by atoms with Gasteiger partial charge in [-0.3, -0.25) is 5.43 Å². The smallest absolute Gasteiger partial charge is 0.244 e. The molecule has 0 saturated carbocycles. The molecule has 0 amide bonds. The van der Waals surface area contributed by atoms with Gasteiger partial charge in [-0.1, -0.05) is 13.8 Å². The van der Waals surface area contributed by atoms with Crippen molar-refractivity contribution in [1.29, 1.82) is 0 Å². The molecule has 2 aromatic rings. The van der Waals surface area contributed by atoms with Gasteiger partial charge in [-0.15, -0.1) is 11.3 Å². The Labute approximate surface area is 165 Å². The Morgan fingerprint density at radius 3 is 2.48 bits per heavy atom. The Morgan fingerprint density at radius 1 is 1.22 bits per heavy atom. The topological polar surface area (TPSA) is 74.7 Å². The summed E-state index contributed by atoms with van der Waals surface area (Å²) < 4.78 is 27.3. The quantitative estimate of drug-likeness (QED) is 0.602. The van der Waals surface area contributed by atoms with Crippen molar-refractivity contribution in [2.75, 3.05) is 18.5 Å². The van der Waals surface area contributed by atoms with Gasteiger partial charge in [0, 0.05) is 24.2 Å². The maximum atomic E-state index is 12.9. The van der Waals surface area contributed by atoms with Gasteiger partial charge in [0.15, 0.2) is 0 Å². The predicted octanol–water partition coefficient (Wildman–Crippen LogP) is 3.95. The molecule has 0 bridgehead atoms. The molecule has 1 aliphatic rings. The highest BCUT2D eigenvalue weighted by Gasteiger charge is 2.31. The van der Waals surface area contributed by atoms with Crippen LogP contribution in [0.15, 0.2) is 40.5 Å². The SMILES string of the molecule is C/C(=N/Nc1ccc(S(=O)(=O)N2C[C@@H](C)C[C@H](C)C2)cn1)c1ccc(C)s1.